The summed E-state index contributed by atoms with van der Waals surface area (Å²) in [6.07, 6.45) is 5.29. The van der Waals surface area contributed by atoms with Crippen molar-refractivity contribution in [1.82, 2.24) is 0 Å². The molecule has 64 heavy (non-hydrogen) atoms. The molecule has 2 bridgehead atoms. The molecule has 4 aliphatic carbocycles. The third kappa shape index (κ3) is 4.92. The molecule has 4 aliphatic rings. The Labute approximate surface area is 374 Å². The van der Waals surface area contributed by atoms with E-state index in [0.29, 0.717) is 5.92 Å². The van der Waals surface area contributed by atoms with Crippen LogP contribution in [0.4, 0.5) is 17.1 Å². The van der Waals surface area contributed by atoms with Crippen LogP contribution in [0.15, 0.2) is 192 Å². The van der Waals surface area contributed by atoms with Crippen LogP contribution in [0.1, 0.15) is 61.8 Å². The van der Waals surface area contributed by atoms with Crippen LogP contribution in [0.5, 0.6) is 0 Å². The van der Waals surface area contributed by atoms with Crippen LogP contribution in [0.25, 0.3) is 77.2 Å². The molecule has 0 saturated heterocycles. The van der Waals surface area contributed by atoms with E-state index in [-0.39, 0.29) is 10.8 Å². The van der Waals surface area contributed by atoms with Crippen molar-refractivity contribution in [3.8, 4) is 44.5 Å². The Kier molecular flexibility index (Phi) is 7.49. The first-order valence-electron chi connectivity index (χ1n) is 23.3. The molecule has 306 valence electrons. The number of fused-ring (bicyclic) bond motifs is 16. The molecule has 0 radical (unpaired) electrons. The Morgan fingerprint density at radius 3 is 1.92 bits per heavy atom. The quantitative estimate of drug-likeness (QED) is 0.172. The van der Waals surface area contributed by atoms with Crippen LogP contribution in [-0.4, -0.2) is 0 Å². The Hall–Kier alpha value is -7.16. The summed E-state index contributed by atoms with van der Waals surface area (Å²) in [5, 5.41) is 4.64. The predicted octanol–water partition coefficient (Wildman–Crippen LogP) is 16.9. The first-order valence-corrected chi connectivity index (χ1v) is 23.3. The second-order valence-electron chi connectivity index (χ2n) is 19.6. The van der Waals surface area contributed by atoms with Crippen LogP contribution in [0, 0.1) is 11.8 Å². The zero-order chi connectivity index (χ0) is 42.3. The molecule has 0 aliphatic heterocycles. The van der Waals surface area contributed by atoms with Gasteiger partial charge in [0.1, 0.15) is 11.2 Å². The van der Waals surface area contributed by atoms with Gasteiger partial charge >= 0.3 is 0 Å². The van der Waals surface area contributed by atoms with Crippen LogP contribution in [0.2, 0.25) is 0 Å². The van der Waals surface area contributed by atoms with E-state index in [1.165, 1.54) is 98.0 Å². The fourth-order valence-electron chi connectivity index (χ4n) is 13.5. The maximum Gasteiger partial charge on any atom is 0.143 e. The van der Waals surface area contributed by atoms with Gasteiger partial charge in [0.05, 0.1) is 0 Å². The highest BCUT2D eigenvalue weighted by molar-refractivity contribution is 6.19. The Bertz CT molecular complexity index is 3590. The summed E-state index contributed by atoms with van der Waals surface area (Å²) >= 11 is 0. The third-order valence-electron chi connectivity index (χ3n) is 16.1. The Balaban J connectivity index is 0.972. The molecule has 2 fully saturated rings. The van der Waals surface area contributed by atoms with Gasteiger partial charge in [-0.05, 0) is 152 Å². The van der Waals surface area contributed by atoms with Gasteiger partial charge < -0.3 is 9.32 Å². The fourth-order valence-corrected chi connectivity index (χ4v) is 13.5. The van der Waals surface area contributed by atoms with Gasteiger partial charge in [0.25, 0.3) is 0 Å². The average Bonchev–Trinajstić information content (AvgIpc) is 4.16. The van der Waals surface area contributed by atoms with Gasteiger partial charge in [-0.1, -0.05) is 160 Å². The molecular weight excluding hydrogens is 775 g/mol. The minimum absolute atomic E-state index is 0.0769. The van der Waals surface area contributed by atoms with Crippen molar-refractivity contribution in [2.24, 2.45) is 11.8 Å². The maximum atomic E-state index is 6.69. The van der Waals surface area contributed by atoms with Gasteiger partial charge in [-0.3, -0.25) is 0 Å². The molecule has 10 aromatic rings. The maximum absolute atomic E-state index is 6.69. The topological polar surface area (TPSA) is 16.4 Å². The van der Waals surface area contributed by atoms with Crippen molar-refractivity contribution in [3.63, 3.8) is 0 Å². The first-order chi connectivity index (χ1) is 31.5. The number of anilines is 3. The van der Waals surface area contributed by atoms with Crippen molar-refractivity contribution >= 4 is 49.8 Å². The van der Waals surface area contributed by atoms with Gasteiger partial charge in [0.2, 0.25) is 0 Å². The summed E-state index contributed by atoms with van der Waals surface area (Å²) in [5.41, 5.74) is 21.6. The lowest BCUT2D eigenvalue weighted by Gasteiger charge is -2.37. The highest BCUT2D eigenvalue weighted by Gasteiger charge is 2.56. The fraction of sp³-hybridized carbons (Fsp3) is 0.161. The summed E-state index contributed by atoms with van der Waals surface area (Å²) in [7, 11) is 0. The standard InChI is InChI=1S/C62H47NO/c1-61(2)54-24-7-5-20-50(54)52-23-11-22-47(59(52)61)41-15-10-17-44(35-41)63(45-30-32-51-49-19-6-8-25-55(49)62(56(51)36-45)37-38-27-29-42(62)33-38)43-16-9-14-40(34-43)46-21-12-26-57-58(46)53-31-28-39-13-3-4-18-48(39)60(53)64-57/h3-26,28,30-32,34-36,38,42H,27,29,33,37H2,1-2H3. The van der Waals surface area contributed by atoms with Gasteiger partial charge in [-0.15, -0.1) is 0 Å². The predicted molar refractivity (Wildman–Crippen MR) is 266 cm³/mol. The smallest absolute Gasteiger partial charge is 0.143 e. The molecule has 1 aromatic heterocycles. The van der Waals surface area contributed by atoms with Crippen LogP contribution in [0.3, 0.4) is 0 Å². The van der Waals surface area contributed by atoms with Crippen molar-refractivity contribution in [3.05, 3.63) is 210 Å². The lowest BCUT2D eigenvalue weighted by Crippen LogP contribution is -2.32. The number of hydrogen-bond donors (Lipinski definition) is 0. The van der Waals surface area contributed by atoms with Crippen molar-refractivity contribution in [2.45, 2.75) is 50.4 Å². The summed E-state index contributed by atoms with van der Waals surface area (Å²) in [6, 6.07) is 70.7. The third-order valence-corrected chi connectivity index (χ3v) is 16.1. The molecule has 1 spiro atoms. The molecule has 2 heteroatoms. The van der Waals surface area contributed by atoms with Gasteiger partial charge in [-0.25, -0.2) is 0 Å². The molecule has 14 rings (SSSR count). The molecule has 9 aromatic carbocycles. The Morgan fingerprint density at radius 2 is 1.12 bits per heavy atom. The second-order valence-corrected chi connectivity index (χ2v) is 19.6. The van der Waals surface area contributed by atoms with Crippen molar-refractivity contribution in [2.75, 3.05) is 4.90 Å². The normalized spacial score (nSPS) is 19.7. The summed E-state index contributed by atoms with van der Waals surface area (Å²) in [6.45, 7) is 4.78. The lowest BCUT2D eigenvalue weighted by molar-refractivity contribution is 0.327. The molecule has 0 N–H and O–H groups in total. The first kappa shape index (κ1) is 36.3. The van der Waals surface area contributed by atoms with Crippen molar-refractivity contribution < 1.29 is 4.42 Å². The molecule has 2 saturated carbocycles. The second kappa shape index (κ2) is 13.2. The van der Waals surface area contributed by atoms with E-state index in [1.807, 2.05) is 0 Å². The zero-order valence-corrected chi connectivity index (χ0v) is 36.2. The van der Waals surface area contributed by atoms with E-state index >= 15 is 0 Å². The summed E-state index contributed by atoms with van der Waals surface area (Å²) < 4.78 is 6.69. The van der Waals surface area contributed by atoms with Gasteiger partial charge in [-0.2, -0.15) is 0 Å². The zero-order valence-electron chi connectivity index (χ0n) is 36.2. The van der Waals surface area contributed by atoms with Crippen molar-refractivity contribution in [1.29, 1.82) is 0 Å². The number of hydrogen-bond acceptors (Lipinski definition) is 2. The van der Waals surface area contributed by atoms with E-state index < -0.39 is 0 Å². The minimum Gasteiger partial charge on any atom is -0.455 e. The summed E-state index contributed by atoms with van der Waals surface area (Å²) in [5.74, 6) is 1.49. The summed E-state index contributed by atoms with van der Waals surface area (Å²) in [4.78, 5) is 2.53. The minimum atomic E-state index is -0.124. The number of nitrogens with zero attached hydrogens (tertiary/aromatic N) is 1. The van der Waals surface area contributed by atoms with E-state index in [2.05, 4.69) is 207 Å². The Morgan fingerprint density at radius 1 is 0.484 bits per heavy atom. The van der Waals surface area contributed by atoms with Crippen LogP contribution >= 0.6 is 0 Å². The monoisotopic (exact) mass is 821 g/mol. The largest absolute Gasteiger partial charge is 0.455 e. The van der Waals surface area contributed by atoms with Crippen LogP contribution in [-0.2, 0) is 10.8 Å². The highest BCUT2D eigenvalue weighted by atomic mass is 16.3. The van der Waals surface area contributed by atoms with E-state index in [9.17, 15) is 0 Å². The highest BCUT2D eigenvalue weighted by Crippen LogP contribution is 2.66. The average molecular weight is 822 g/mol. The van der Waals surface area contributed by atoms with Crippen LogP contribution < -0.4 is 4.90 Å². The molecule has 3 atom stereocenters. The van der Waals surface area contributed by atoms with E-state index in [1.54, 1.807) is 5.56 Å². The molecule has 1 heterocycles. The van der Waals surface area contributed by atoms with E-state index in [0.717, 1.165) is 44.6 Å². The molecule has 0 amide bonds. The van der Waals surface area contributed by atoms with Gasteiger partial charge in [0.15, 0.2) is 0 Å². The lowest BCUT2D eigenvalue weighted by atomic mass is 9.67. The SMILES string of the molecule is CC1(C)c2ccccc2-c2cccc(-c3cccc(N(c4cccc(-c5cccc6oc7c8ccccc8ccc7c56)c4)c4ccc5c(c4)C4(CC6CCC4C6)c4ccccc4-5)c3)c21. The number of furan rings is 1. The van der Waals surface area contributed by atoms with E-state index in [4.69, 9.17) is 4.42 Å². The number of rotatable bonds is 5. The molecule has 2 nitrogen and oxygen atoms in total. The number of benzene rings is 9. The molecule has 3 unspecified atom stereocenters. The van der Waals surface area contributed by atoms with Gasteiger partial charge in [0, 0.05) is 44.1 Å². The molecular formula is C62H47NO.